The summed E-state index contributed by atoms with van der Waals surface area (Å²) in [5.74, 6) is 0.472. The minimum absolute atomic E-state index is 0.130. The summed E-state index contributed by atoms with van der Waals surface area (Å²) in [6.45, 7) is 6.06. The van der Waals surface area contributed by atoms with E-state index in [0.29, 0.717) is 5.92 Å². The summed E-state index contributed by atoms with van der Waals surface area (Å²) in [6, 6.07) is 0. The lowest BCUT2D eigenvalue weighted by molar-refractivity contribution is 0.129. The van der Waals surface area contributed by atoms with E-state index in [0.717, 1.165) is 6.42 Å². The Bertz CT molecular complexity index is 50.3. The fraction of sp³-hybridized carbons (Fsp3) is 1.00. The van der Waals surface area contributed by atoms with Crippen molar-refractivity contribution in [2.45, 2.75) is 39.7 Å². The molecule has 1 N–H and O–H groups in total. The third-order valence-electron chi connectivity index (χ3n) is 1.57. The number of hydrogen-bond acceptors (Lipinski definition) is 1. The topological polar surface area (TPSA) is 20.2 Å². The van der Waals surface area contributed by atoms with Crippen molar-refractivity contribution in [1.29, 1.82) is 0 Å². The van der Waals surface area contributed by atoms with E-state index in [9.17, 15) is 0 Å². The number of aliphatic hydroxyl groups is 1. The molecule has 0 aliphatic rings. The molecule has 2 atom stereocenters. The summed E-state index contributed by atoms with van der Waals surface area (Å²) in [6.07, 6.45) is 2.18. The van der Waals surface area contributed by atoms with Gasteiger partial charge >= 0.3 is 0 Å². The van der Waals surface area contributed by atoms with Gasteiger partial charge in [0.2, 0.25) is 0 Å². The molecule has 0 fully saturated rings. The number of aliphatic hydroxyl groups excluding tert-OH is 1. The maximum absolute atomic E-state index is 8.95. The molecule has 1 heteroatoms. The third kappa shape index (κ3) is 3.03. The van der Waals surface area contributed by atoms with Gasteiger partial charge in [0, 0.05) is 0 Å². The summed E-state index contributed by atoms with van der Waals surface area (Å²) in [5.41, 5.74) is 0. The highest BCUT2D eigenvalue weighted by molar-refractivity contribution is 4.56. The van der Waals surface area contributed by atoms with Crippen LogP contribution in [0.3, 0.4) is 0 Å². The van der Waals surface area contributed by atoms with Gasteiger partial charge in [0.15, 0.2) is 0 Å². The first-order valence-corrected chi connectivity index (χ1v) is 3.36. The Kier molecular flexibility index (Phi) is 3.88. The van der Waals surface area contributed by atoms with Gasteiger partial charge in [-0.25, -0.2) is 0 Å². The summed E-state index contributed by atoms with van der Waals surface area (Å²) in [5, 5.41) is 8.95. The monoisotopic (exact) mass is 116 g/mol. The van der Waals surface area contributed by atoms with E-state index in [4.69, 9.17) is 5.11 Å². The Morgan fingerprint density at radius 3 is 2.00 bits per heavy atom. The standard InChI is InChI=1S/C7H16O/c1-4-5-6(2)7(3)8/h6-8H,4-5H2,1-3H3/t6?,7-/m0/s1. The van der Waals surface area contributed by atoms with Crippen molar-refractivity contribution in [1.82, 2.24) is 0 Å². The van der Waals surface area contributed by atoms with Crippen molar-refractivity contribution in [3.05, 3.63) is 0 Å². The molecule has 0 aliphatic heterocycles. The van der Waals surface area contributed by atoms with Crippen LogP contribution in [0.2, 0.25) is 0 Å². The molecule has 0 aliphatic carbocycles. The van der Waals surface area contributed by atoms with Crippen LogP contribution in [0.5, 0.6) is 0 Å². The smallest absolute Gasteiger partial charge is 0.0537 e. The minimum atomic E-state index is -0.130. The lowest BCUT2D eigenvalue weighted by Crippen LogP contribution is -2.11. The molecule has 0 saturated carbocycles. The number of hydrogen-bond donors (Lipinski definition) is 1. The molecule has 0 rings (SSSR count). The van der Waals surface area contributed by atoms with Crippen LogP contribution >= 0.6 is 0 Å². The average Bonchev–Trinajstić information content (AvgIpc) is 1.67. The number of rotatable bonds is 3. The lowest BCUT2D eigenvalue weighted by atomic mass is 10.0. The van der Waals surface area contributed by atoms with Crippen molar-refractivity contribution < 1.29 is 5.11 Å². The van der Waals surface area contributed by atoms with E-state index >= 15 is 0 Å². The zero-order valence-corrected chi connectivity index (χ0v) is 6.02. The Hall–Kier alpha value is -0.0400. The Morgan fingerprint density at radius 2 is 1.88 bits per heavy atom. The molecular weight excluding hydrogens is 100 g/mol. The van der Waals surface area contributed by atoms with Crippen molar-refractivity contribution in [2.24, 2.45) is 5.92 Å². The van der Waals surface area contributed by atoms with Gasteiger partial charge in [-0.15, -0.1) is 0 Å². The van der Waals surface area contributed by atoms with Crippen molar-refractivity contribution in [3.8, 4) is 0 Å². The van der Waals surface area contributed by atoms with Crippen LogP contribution in [0.15, 0.2) is 0 Å². The molecule has 1 unspecified atom stereocenters. The van der Waals surface area contributed by atoms with E-state index < -0.39 is 0 Å². The van der Waals surface area contributed by atoms with Crippen LogP contribution in [-0.4, -0.2) is 11.2 Å². The van der Waals surface area contributed by atoms with Gasteiger partial charge in [0.1, 0.15) is 0 Å². The predicted octanol–water partition coefficient (Wildman–Crippen LogP) is 1.80. The molecule has 0 amide bonds. The first kappa shape index (κ1) is 7.96. The predicted molar refractivity (Wildman–Crippen MR) is 35.8 cm³/mol. The van der Waals surface area contributed by atoms with Gasteiger partial charge in [-0.1, -0.05) is 20.3 Å². The second kappa shape index (κ2) is 3.90. The van der Waals surface area contributed by atoms with Crippen LogP contribution in [0.1, 0.15) is 33.6 Å². The van der Waals surface area contributed by atoms with E-state index in [1.165, 1.54) is 6.42 Å². The zero-order valence-electron chi connectivity index (χ0n) is 6.02. The highest BCUT2D eigenvalue weighted by Crippen LogP contribution is 2.08. The van der Waals surface area contributed by atoms with Crippen LogP contribution in [-0.2, 0) is 0 Å². The maximum atomic E-state index is 8.95. The average molecular weight is 116 g/mol. The fourth-order valence-corrected chi connectivity index (χ4v) is 0.697. The maximum Gasteiger partial charge on any atom is 0.0537 e. The molecule has 0 bridgehead atoms. The zero-order chi connectivity index (χ0) is 6.57. The van der Waals surface area contributed by atoms with E-state index in [1.807, 2.05) is 6.92 Å². The lowest BCUT2D eigenvalue weighted by Gasteiger charge is -2.11. The van der Waals surface area contributed by atoms with Crippen molar-refractivity contribution in [3.63, 3.8) is 0 Å². The van der Waals surface area contributed by atoms with Crippen LogP contribution in [0.4, 0.5) is 0 Å². The normalized spacial score (nSPS) is 18.0. The first-order valence-electron chi connectivity index (χ1n) is 3.36. The molecule has 0 aromatic heterocycles. The first-order chi connectivity index (χ1) is 3.68. The molecule has 8 heavy (non-hydrogen) atoms. The van der Waals surface area contributed by atoms with Gasteiger partial charge in [0.05, 0.1) is 6.10 Å². The minimum Gasteiger partial charge on any atom is -0.393 e. The molecule has 0 aromatic carbocycles. The Labute approximate surface area is 51.7 Å². The third-order valence-corrected chi connectivity index (χ3v) is 1.57. The molecule has 0 saturated heterocycles. The second-order valence-corrected chi connectivity index (χ2v) is 2.51. The molecule has 0 spiro atoms. The molecule has 0 heterocycles. The second-order valence-electron chi connectivity index (χ2n) is 2.51. The van der Waals surface area contributed by atoms with E-state index in [1.54, 1.807) is 0 Å². The molecular formula is C7H16O. The largest absolute Gasteiger partial charge is 0.393 e. The molecule has 1 nitrogen and oxygen atoms in total. The fourth-order valence-electron chi connectivity index (χ4n) is 0.697. The van der Waals surface area contributed by atoms with Gasteiger partial charge in [-0.2, -0.15) is 0 Å². The van der Waals surface area contributed by atoms with Crippen LogP contribution in [0.25, 0.3) is 0 Å². The Balaban J connectivity index is 3.17. The van der Waals surface area contributed by atoms with Crippen LogP contribution in [0, 0.1) is 5.92 Å². The summed E-state index contributed by atoms with van der Waals surface area (Å²) >= 11 is 0. The van der Waals surface area contributed by atoms with E-state index in [-0.39, 0.29) is 6.10 Å². The van der Waals surface area contributed by atoms with E-state index in [2.05, 4.69) is 13.8 Å². The molecule has 0 aromatic rings. The molecule has 50 valence electrons. The van der Waals surface area contributed by atoms with Gasteiger partial charge in [0.25, 0.3) is 0 Å². The summed E-state index contributed by atoms with van der Waals surface area (Å²) < 4.78 is 0. The van der Waals surface area contributed by atoms with Crippen molar-refractivity contribution >= 4 is 0 Å². The highest BCUT2D eigenvalue weighted by Gasteiger charge is 2.05. The summed E-state index contributed by atoms with van der Waals surface area (Å²) in [7, 11) is 0. The van der Waals surface area contributed by atoms with Gasteiger partial charge in [-0.05, 0) is 19.3 Å². The summed E-state index contributed by atoms with van der Waals surface area (Å²) in [4.78, 5) is 0. The highest BCUT2D eigenvalue weighted by atomic mass is 16.3. The van der Waals surface area contributed by atoms with Gasteiger partial charge in [-0.3, -0.25) is 0 Å². The Morgan fingerprint density at radius 1 is 1.38 bits per heavy atom. The SMILES string of the molecule is CCCC(C)[C@H](C)O. The van der Waals surface area contributed by atoms with Crippen molar-refractivity contribution in [2.75, 3.05) is 0 Å². The molecule has 0 radical (unpaired) electrons. The van der Waals surface area contributed by atoms with Gasteiger partial charge < -0.3 is 5.11 Å². The quantitative estimate of drug-likeness (QED) is 0.596. The van der Waals surface area contributed by atoms with Crippen LogP contribution < -0.4 is 0 Å².